The SMILES string of the molecule is O=C(CSc1nnc(C2CC2)n1-c1ccccc1)NC[C@H]1CCCO1. The number of hydrogen-bond acceptors (Lipinski definition) is 5. The van der Waals surface area contributed by atoms with Crippen molar-refractivity contribution >= 4 is 17.7 Å². The quantitative estimate of drug-likeness (QED) is 0.770. The average Bonchev–Trinajstić information content (AvgIpc) is 3.19. The van der Waals surface area contributed by atoms with Crippen molar-refractivity contribution in [1.29, 1.82) is 0 Å². The molecule has 0 radical (unpaired) electrons. The van der Waals surface area contributed by atoms with Gasteiger partial charge in [0, 0.05) is 24.8 Å². The molecular weight excluding hydrogens is 336 g/mol. The number of ether oxygens (including phenoxy) is 1. The number of carbonyl (C=O) groups excluding carboxylic acids is 1. The van der Waals surface area contributed by atoms with Gasteiger partial charge in [-0.2, -0.15) is 0 Å². The molecule has 1 aromatic carbocycles. The maximum absolute atomic E-state index is 12.1. The zero-order chi connectivity index (χ0) is 17.1. The van der Waals surface area contributed by atoms with Gasteiger partial charge in [-0.25, -0.2) is 0 Å². The van der Waals surface area contributed by atoms with Gasteiger partial charge in [-0.3, -0.25) is 9.36 Å². The lowest BCUT2D eigenvalue weighted by Gasteiger charge is -2.11. The number of aromatic nitrogens is 3. The first kappa shape index (κ1) is 16.6. The van der Waals surface area contributed by atoms with Gasteiger partial charge in [0.15, 0.2) is 5.16 Å². The molecule has 2 aliphatic rings. The van der Waals surface area contributed by atoms with Crippen molar-refractivity contribution in [2.45, 2.75) is 42.9 Å². The van der Waals surface area contributed by atoms with Crippen LogP contribution in [0.15, 0.2) is 35.5 Å². The van der Waals surface area contributed by atoms with Crippen molar-refractivity contribution < 1.29 is 9.53 Å². The summed E-state index contributed by atoms with van der Waals surface area (Å²) in [4.78, 5) is 12.1. The predicted octanol–water partition coefficient (Wildman–Crippen LogP) is 2.53. The molecule has 1 atom stereocenters. The lowest BCUT2D eigenvalue weighted by atomic mass is 10.2. The largest absolute Gasteiger partial charge is 0.376 e. The monoisotopic (exact) mass is 358 g/mol. The molecule has 0 spiro atoms. The fourth-order valence-corrected chi connectivity index (χ4v) is 3.80. The first-order valence-corrected chi connectivity index (χ1v) is 9.81. The minimum Gasteiger partial charge on any atom is -0.376 e. The highest BCUT2D eigenvalue weighted by molar-refractivity contribution is 7.99. The Labute approximate surface area is 151 Å². The Morgan fingerprint density at radius 3 is 2.80 bits per heavy atom. The fourth-order valence-electron chi connectivity index (χ4n) is 3.01. The Morgan fingerprint density at radius 1 is 1.24 bits per heavy atom. The van der Waals surface area contributed by atoms with E-state index in [1.807, 2.05) is 18.2 Å². The summed E-state index contributed by atoms with van der Waals surface area (Å²) >= 11 is 1.43. The van der Waals surface area contributed by atoms with Crippen LogP contribution in [0.25, 0.3) is 5.69 Å². The summed E-state index contributed by atoms with van der Waals surface area (Å²) in [6, 6.07) is 10.1. The summed E-state index contributed by atoms with van der Waals surface area (Å²) in [7, 11) is 0. The standard InChI is InChI=1S/C18H22N4O2S/c23-16(19-11-15-7-4-10-24-15)12-25-18-21-20-17(13-8-9-13)22(18)14-5-2-1-3-6-14/h1-3,5-6,13,15H,4,7-12H2,(H,19,23)/t15-/m1/s1. The third kappa shape index (κ3) is 4.04. The number of para-hydroxylation sites is 1. The molecule has 1 aromatic heterocycles. The molecule has 1 saturated heterocycles. The van der Waals surface area contributed by atoms with E-state index >= 15 is 0 Å². The molecule has 2 aromatic rings. The van der Waals surface area contributed by atoms with E-state index < -0.39 is 0 Å². The summed E-state index contributed by atoms with van der Waals surface area (Å²) in [5, 5.41) is 12.4. The number of amides is 1. The van der Waals surface area contributed by atoms with Crippen LogP contribution in [-0.2, 0) is 9.53 Å². The van der Waals surface area contributed by atoms with Gasteiger partial charge in [0.25, 0.3) is 0 Å². The Hall–Kier alpha value is -1.86. The number of nitrogens with zero attached hydrogens (tertiary/aromatic N) is 3. The molecule has 25 heavy (non-hydrogen) atoms. The second-order valence-electron chi connectivity index (χ2n) is 6.51. The summed E-state index contributed by atoms with van der Waals surface area (Å²) in [6.07, 6.45) is 4.61. The minimum atomic E-state index is 0.0103. The molecule has 2 heterocycles. The average molecular weight is 358 g/mol. The van der Waals surface area contributed by atoms with E-state index in [1.54, 1.807) is 0 Å². The first-order valence-electron chi connectivity index (χ1n) is 8.83. The Morgan fingerprint density at radius 2 is 2.08 bits per heavy atom. The molecule has 6 nitrogen and oxygen atoms in total. The Kier molecular flexibility index (Phi) is 5.03. The second kappa shape index (κ2) is 7.58. The highest BCUT2D eigenvalue weighted by Gasteiger charge is 2.31. The molecule has 4 rings (SSSR count). The van der Waals surface area contributed by atoms with E-state index in [9.17, 15) is 4.79 Å². The van der Waals surface area contributed by atoms with Crippen LogP contribution in [0.1, 0.15) is 37.4 Å². The van der Waals surface area contributed by atoms with Gasteiger partial charge in [-0.15, -0.1) is 10.2 Å². The highest BCUT2D eigenvalue weighted by atomic mass is 32.2. The molecule has 1 saturated carbocycles. The number of benzene rings is 1. The van der Waals surface area contributed by atoms with Gasteiger partial charge in [0.2, 0.25) is 5.91 Å². The molecular formula is C18H22N4O2S. The van der Waals surface area contributed by atoms with Gasteiger partial charge in [-0.05, 0) is 37.8 Å². The molecule has 1 aliphatic carbocycles. The van der Waals surface area contributed by atoms with Gasteiger partial charge in [-0.1, -0.05) is 30.0 Å². The number of rotatable bonds is 7. The third-order valence-corrected chi connectivity index (χ3v) is 5.43. The maximum atomic E-state index is 12.1. The van der Waals surface area contributed by atoms with Gasteiger partial charge < -0.3 is 10.1 Å². The lowest BCUT2D eigenvalue weighted by molar-refractivity contribution is -0.119. The lowest BCUT2D eigenvalue weighted by Crippen LogP contribution is -2.32. The van der Waals surface area contributed by atoms with E-state index in [1.165, 1.54) is 11.8 Å². The second-order valence-corrected chi connectivity index (χ2v) is 7.46. The van der Waals surface area contributed by atoms with E-state index in [-0.39, 0.29) is 12.0 Å². The summed E-state index contributed by atoms with van der Waals surface area (Å²) in [6.45, 7) is 1.40. The van der Waals surface area contributed by atoms with Gasteiger partial charge in [0.05, 0.1) is 11.9 Å². The van der Waals surface area contributed by atoms with Crippen molar-refractivity contribution in [3.05, 3.63) is 36.2 Å². The van der Waals surface area contributed by atoms with Crippen molar-refractivity contribution in [2.75, 3.05) is 18.9 Å². The maximum Gasteiger partial charge on any atom is 0.230 e. The Bertz CT molecular complexity index is 724. The van der Waals surface area contributed by atoms with Gasteiger partial charge >= 0.3 is 0 Å². The number of thioether (sulfide) groups is 1. The topological polar surface area (TPSA) is 69.0 Å². The zero-order valence-electron chi connectivity index (χ0n) is 14.1. The van der Waals surface area contributed by atoms with Crippen LogP contribution in [0.3, 0.4) is 0 Å². The molecule has 1 amide bonds. The van der Waals surface area contributed by atoms with E-state index in [4.69, 9.17) is 4.74 Å². The minimum absolute atomic E-state index is 0.0103. The van der Waals surface area contributed by atoms with Crippen LogP contribution in [-0.4, -0.2) is 45.7 Å². The van der Waals surface area contributed by atoms with Crippen LogP contribution in [0, 0.1) is 0 Å². The fraction of sp³-hybridized carbons (Fsp3) is 0.500. The third-order valence-electron chi connectivity index (χ3n) is 4.50. The van der Waals surface area contributed by atoms with Crippen LogP contribution < -0.4 is 5.32 Å². The van der Waals surface area contributed by atoms with Crippen molar-refractivity contribution in [2.24, 2.45) is 0 Å². The first-order chi connectivity index (χ1) is 12.3. The molecule has 2 fully saturated rings. The van der Waals surface area contributed by atoms with Gasteiger partial charge in [0.1, 0.15) is 5.82 Å². The normalized spacial score (nSPS) is 19.9. The van der Waals surface area contributed by atoms with Crippen LogP contribution in [0.4, 0.5) is 0 Å². The number of carbonyl (C=O) groups is 1. The van der Waals surface area contributed by atoms with Crippen LogP contribution in [0.2, 0.25) is 0 Å². The predicted molar refractivity (Wildman–Crippen MR) is 96.0 cm³/mol. The molecule has 0 bridgehead atoms. The Balaban J connectivity index is 1.41. The van der Waals surface area contributed by atoms with E-state index in [0.717, 1.165) is 49.0 Å². The van der Waals surface area contributed by atoms with E-state index in [0.29, 0.717) is 18.2 Å². The molecule has 1 aliphatic heterocycles. The van der Waals surface area contributed by atoms with E-state index in [2.05, 4.69) is 32.2 Å². The zero-order valence-corrected chi connectivity index (χ0v) is 14.9. The summed E-state index contributed by atoms with van der Waals surface area (Å²) < 4.78 is 7.62. The van der Waals surface area contributed by atoms with Crippen LogP contribution >= 0.6 is 11.8 Å². The number of nitrogens with one attached hydrogen (secondary N) is 1. The molecule has 0 unspecified atom stereocenters. The smallest absolute Gasteiger partial charge is 0.230 e. The molecule has 1 N–H and O–H groups in total. The molecule has 132 valence electrons. The number of hydrogen-bond donors (Lipinski definition) is 1. The van der Waals surface area contributed by atoms with Crippen molar-refractivity contribution in [1.82, 2.24) is 20.1 Å². The van der Waals surface area contributed by atoms with Crippen molar-refractivity contribution in [3.63, 3.8) is 0 Å². The highest BCUT2D eigenvalue weighted by Crippen LogP contribution is 2.41. The molecule has 7 heteroatoms. The van der Waals surface area contributed by atoms with Crippen LogP contribution in [0.5, 0.6) is 0 Å². The summed E-state index contributed by atoms with van der Waals surface area (Å²) in [5.41, 5.74) is 1.05. The summed E-state index contributed by atoms with van der Waals surface area (Å²) in [5.74, 6) is 1.85. The van der Waals surface area contributed by atoms with Crippen molar-refractivity contribution in [3.8, 4) is 5.69 Å².